The molecule has 3 atom stereocenters. The summed E-state index contributed by atoms with van der Waals surface area (Å²) in [5.74, 6) is 1.46. The van der Waals surface area contributed by atoms with Crippen molar-refractivity contribution in [2.24, 2.45) is 17.3 Å². The van der Waals surface area contributed by atoms with Crippen molar-refractivity contribution < 1.29 is 5.11 Å². The van der Waals surface area contributed by atoms with Gasteiger partial charge in [-0.3, -0.25) is 4.90 Å². The normalized spacial score (nSPS) is 33.6. The second-order valence-corrected chi connectivity index (χ2v) is 7.29. The van der Waals surface area contributed by atoms with Gasteiger partial charge in [0.25, 0.3) is 0 Å². The quantitative estimate of drug-likeness (QED) is 0.893. The molecule has 0 aromatic heterocycles. The highest BCUT2D eigenvalue weighted by Crippen LogP contribution is 2.48. The van der Waals surface area contributed by atoms with Gasteiger partial charge in [-0.2, -0.15) is 0 Å². The third kappa shape index (κ3) is 2.64. The van der Waals surface area contributed by atoms with Crippen LogP contribution in [0.5, 0.6) is 0 Å². The highest BCUT2D eigenvalue weighted by molar-refractivity contribution is 5.14. The van der Waals surface area contributed by atoms with Gasteiger partial charge in [-0.05, 0) is 48.6 Å². The fourth-order valence-electron chi connectivity index (χ4n) is 4.36. The summed E-state index contributed by atoms with van der Waals surface area (Å²) in [6.07, 6.45) is 3.31. The van der Waals surface area contributed by atoms with Crippen LogP contribution in [-0.2, 0) is 6.54 Å². The standard InChI is InChI=1S/C18H27NO/c1-18(2)16-10-11-19(12-14-6-4-3-5-7-14)13-15(16)8-9-17(18)20/h3-7,15-17,20H,8-13H2,1-2H3/t15-,16-,17+/m1/s1. The molecule has 1 aliphatic heterocycles. The number of aliphatic hydroxyl groups excluding tert-OH is 1. The molecule has 1 N–H and O–H groups in total. The predicted octanol–water partition coefficient (Wildman–Crippen LogP) is 3.31. The van der Waals surface area contributed by atoms with Gasteiger partial charge in [-0.15, -0.1) is 0 Å². The number of fused-ring (bicyclic) bond motifs is 1. The lowest BCUT2D eigenvalue weighted by molar-refractivity contribution is -0.0856. The Bertz CT molecular complexity index is 442. The molecule has 0 amide bonds. The number of benzene rings is 1. The molecule has 2 fully saturated rings. The number of hydrogen-bond acceptors (Lipinski definition) is 2. The Hall–Kier alpha value is -0.860. The summed E-state index contributed by atoms with van der Waals surface area (Å²) in [4.78, 5) is 2.60. The van der Waals surface area contributed by atoms with E-state index < -0.39 is 0 Å². The minimum atomic E-state index is -0.107. The molecule has 110 valence electrons. The van der Waals surface area contributed by atoms with Crippen LogP contribution in [0.3, 0.4) is 0 Å². The van der Waals surface area contributed by atoms with Gasteiger partial charge in [0.15, 0.2) is 0 Å². The predicted molar refractivity (Wildman–Crippen MR) is 82.3 cm³/mol. The second kappa shape index (κ2) is 5.50. The average molecular weight is 273 g/mol. The first kappa shape index (κ1) is 14.1. The monoisotopic (exact) mass is 273 g/mol. The van der Waals surface area contributed by atoms with Crippen LogP contribution in [0.2, 0.25) is 0 Å². The van der Waals surface area contributed by atoms with Crippen LogP contribution in [0.4, 0.5) is 0 Å². The van der Waals surface area contributed by atoms with Gasteiger partial charge in [0, 0.05) is 13.1 Å². The molecular formula is C18H27NO. The minimum Gasteiger partial charge on any atom is -0.393 e. The van der Waals surface area contributed by atoms with Crippen molar-refractivity contribution in [3.63, 3.8) is 0 Å². The van der Waals surface area contributed by atoms with Crippen LogP contribution in [0, 0.1) is 17.3 Å². The molecule has 1 saturated heterocycles. The third-order valence-electron chi connectivity index (χ3n) is 5.69. The van der Waals surface area contributed by atoms with E-state index in [1.54, 1.807) is 0 Å². The highest BCUT2D eigenvalue weighted by atomic mass is 16.3. The summed E-state index contributed by atoms with van der Waals surface area (Å²) in [7, 11) is 0. The Kier molecular flexibility index (Phi) is 3.87. The summed E-state index contributed by atoms with van der Waals surface area (Å²) >= 11 is 0. The molecule has 2 nitrogen and oxygen atoms in total. The molecule has 0 unspecified atom stereocenters. The molecule has 20 heavy (non-hydrogen) atoms. The topological polar surface area (TPSA) is 23.5 Å². The van der Waals surface area contributed by atoms with Gasteiger partial charge in [0.1, 0.15) is 0 Å². The van der Waals surface area contributed by atoms with E-state index in [0.717, 1.165) is 18.9 Å². The van der Waals surface area contributed by atoms with Crippen molar-refractivity contribution in [1.82, 2.24) is 4.90 Å². The number of piperidine rings is 1. The Morgan fingerprint density at radius 2 is 1.90 bits per heavy atom. The summed E-state index contributed by atoms with van der Waals surface area (Å²) in [6, 6.07) is 10.8. The van der Waals surface area contributed by atoms with E-state index in [2.05, 4.69) is 49.1 Å². The van der Waals surface area contributed by atoms with E-state index >= 15 is 0 Å². The van der Waals surface area contributed by atoms with E-state index in [1.807, 2.05) is 0 Å². The number of aliphatic hydroxyl groups is 1. The largest absolute Gasteiger partial charge is 0.393 e. The molecule has 1 aliphatic carbocycles. The summed E-state index contributed by atoms with van der Waals surface area (Å²) in [5.41, 5.74) is 1.52. The van der Waals surface area contributed by atoms with E-state index in [1.165, 1.54) is 31.5 Å². The fourth-order valence-corrected chi connectivity index (χ4v) is 4.36. The maximum Gasteiger partial charge on any atom is 0.0594 e. The Labute approximate surface area is 122 Å². The number of nitrogens with zero attached hydrogens (tertiary/aromatic N) is 1. The maximum absolute atomic E-state index is 10.3. The van der Waals surface area contributed by atoms with Crippen LogP contribution in [0.1, 0.15) is 38.7 Å². The molecule has 1 aromatic carbocycles. The van der Waals surface area contributed by atoms with Crippen LogP contribution >= 0.6 is 0 Å². The lowest BCUT2D eigenvalue weighted by Gasteiger charge is -2.51. The SMILES string of the molecule is CC1(C)[C@@H]2CCN(Cc3ccccc3)C[C@H]2CC[C@@H]1O. The van der Waals surface area contributed by atoms with Crippen molar-refractivity contribution in [3.05, 3.63) is 35.9 Å². The first-order valence-corrected chi connectivity index (χ1v) is 8.01. The van der Waals surface area contributed by atoms with Gasteiger partial charge in [-0.1, -0.05) is 44.2 Å². The molecular weight excluding hydrogens is 246 g/mol. The lowest BCUT2D eigenvalue weighted by Crippen LogP contribution is -2.52. The smallest absolute Gasteiger partial charge is 0.0594 e. The minimum absolute atomic E-state index is 0.0990. The van der Waals surface area contributed by atoms with Crippen LogP contribution in [0.15, 0.2) is 30.3 Å². The Morgan fingerprint density at radius 1 is 1.15 bits per heavy atom. The third-order valence-corrected chi connectivity index (χ3v) is 5.69. The summed E-state index contributed by atoms with van der Waals surface area (Å²) < 4.78 is 0. The first-order valence-electron chi connectivity index (χ1n) is 8.01. The Morgan fingerprint density at radius 3 is 2.65 bits per heavy atom. The van der Waals surface area contributed by atoms with E-state index in [9.17, 15) is 5.11 Å². The van der Waals surface area contributed by atoms with Gasteiger partial charge < -0.3 is 5.11 Å². The highest BCUT2D eigenvalue weighted by Gasteiger charge is 2.46. The van der Waals surface area contributed by atoms with Crippen molar-refractivity contribution in [2.45, 2.75) is 45.8 Å². The molecule has 1 aromatic rings. The van der Waals surface area contributed by atoms with E-state index in [-0.39, 0.29) is 11.5 Å². The average Bonchev–Trinajstić information content (AvgIpc) is 2.44. The summed E-state index contributed by atoms with van der Waals surface area (Å²) in [5, 5.41) is 10.3. The second-order valence-electron chi connectivity index (χ2n) is 7.29. The Balaban J connectivity index is 1.65. The van der Waals surface area contributed by atoms with Crippen molar-refractivity contribution in [1.29, 1.82) is 0 Å². The fraction of sp³-hybridized carbons (Fsp3) is 0.667. The molecule has 1 saturated carbocycles. The van der Waals surface area contributed by atoms with Crippen molar-refractivity contribution >= 4 is 0 Å². The molecule has 2 heteroatoms. The molecule has 0 bridgehead atoms. The van der Waals surface area contributed by atoms with Crippen LogP contribution in [-0.4, -0.2) is 29.2 Å². The number of likely N-dealkylation sites (tertiary alicyclic amines) is 1. The van der Waals surface area contributed by atoms with Crippen molar-refractivity contribution in [2.75, 3.05) is 13.1 Å². The number of rotatable bonds is 2. The van der Waals surface area contributed by atoms with E-state index in [0.29, 0.717) is 5.92 Å². The first-order chi connectivity index (χ1) is 9.57. The van der Waals surface area contributed by atoms with Gasteiger partial charge >= 0.3 is 0 Å². The zero-order valence-electron chi connectivity index (χ0n) is 12.8. The molecule has 3 rings (SSSR count). The molecule has 2 aliphatic rings. The summed E-state index contributed by atoms with van der Waals surface area (Å²) in [6.45, 7) is 7.98. The maximum atomic E-state index is 10.3. The van der Waals surface area contributed by atoms with E-state index in [4.69, 9.17) is 0 Å². The van der Waals surface area contributed by atoms with Crippen LogP contribution < -0.4 is 0 Å². The van der Waals surface area contributed by atoms with Gasteiger partial charge in [0.2, 0.25) is 0 Å². The molecule has 1 heterocycles. The van der Waals surface area contributed by atoms with Crippen LogP contribution in [0.25, 0.3) is 0 Å². The van der Waals surface area contributed by atoms with Crippen molar-refractivity contribution in [3.8, 4) is 0 Å². The van der Waals surface area contributed by atoms with Gasteiger partial charge in [-0.25, -0.2) is 0 Å². The number of hydrogen-bond donors (Lipinski definition) is 1. The van der Waals surface area contributed by atoms with Gasteiger partial charge in [0.05, 0.1) is 6.10 Å². The zero-order chi connectivity index (χ0) is 14.2. The molecule has 0 radical (unpaired) electrons. The lowest BCUT2D eigenvalue weighted by atomic mass is 9.59. The molecule has 0 spiro atoms. The zero-order valence-corrected chi connectivity index (χ0v) is 12.8.